The van der Waals surface area contributed by atoms with Gasteiger partial charge in [0.1, 0.15) is 0 Å². The van der Waals surface area contributed by atoms with Gasteiger partial charge in [-0.3, -0.25) is 4.99 Å². The van der Waals surface area contributed by atoms with E-state index in [1.54, 1.807) is 6.08 Å². The average molecular weight is 408 g/mol. The lowest BCUT2D eigenvalue weighted by Gasteiger charge is -2.22. The Hall–Kier alpha value is -1.98. The van der Waals surface area contributed by atoms with Crippen LogP contribution >= 0.6 is 11.8 Å². The molecule has 1 aliphatic heterocycles. The van der Waals surface area contributed by atoms with Crippen LogP contribution in [-0.4, -0.2) is 18.5 Å². The molecule has 2 rings (SSSR count). The van der Waals surface area contributed by atoms with Gasteiger partial charge in [0.25, 0.3) is 0 Å². The zero-order chi connectivity index (χ0) is 22.0. The molecule has 0 fully saturated rings. The van der Waals surface area contributed by atoms with Crippen molar-refractivity contribution in [2.45, 2.75) is 71.1 Å². The zero-order valence-corrected chi connectivity index (χ0v) is 20.0. The largest absolute Gasteiger partial charge is 0.294 e. The summed E-state index contributed by atoms with van der Waals surface area (Å²) in [6.45, 7) is 19.9. The summed E-state index contributed by atoms with van der Waals surface area (Å²) in [5.74, 6) is 2.93. The maximum Gasteiger partial charge on any atom is 0.0461 e. The van der Waals surface area contributed by atoms with Crippen LogP contribution in [0.1, 0.15) is 76.0 Å². The van der Waals surface area contributed by atoms with Gasteiger partial charge in [-0.25, -0.2) is 0 Å². The predicted octanol–water partition coefficient (Wildman–Crippen LogP) is 8.01. The van der Waals surface area contributed by atoms with Gasteiger partial charge in [0.15, 0.2) is 0 Å². The normalized spacial score (nSPS) is 16.2. The van der Waals surface area contributed by atoms with Crippen LogP contribution in [0.5, 0.6) is 0 Å². The van der Waals surface area contributed by atoms with Gasteiger partial charge in [0.2, 0.25) is 0 Å². The molecule has 0 saturated heterocycles. The number of benzene rings is 1. The minimum atomic E-state index is 0.529. The molecule has 2 heteroatoms. The van der Waals surface area contributed by atoms with Crippen molar-refractivity contribution in [2.75, 3.05) is 12.8 Å². The standard InChI is InChI=1S/C22H31NS.C5H6/c1-8-9-14(2)16(4)17(5)20-10-11-21(24-7)22(18(20)6)19-12-15(3)23-13-19;1-3-5-4-2/h10-11,19H,5,8-9,12-13H2,1-4,6-7H3;1,4H,2,5H2/b16-14+;. The van der Waals surface area contributed by atoms with E-state index in [1.165, 1.54) is 50.4 Å². The summed E-state index contributed by atoms with van der Waals surface area (Å²) >= 11 is 1.85. The van der Waals surface area contributed by atoms with E-state index in [4.69, 9.17) is 6.42 Å². The topological polar surface area (TPSA) is 12.4 Å². The van der Waals surface area contributed by atoms with Crippen molar-refractivity contribution in [3.8, 4) is 12.3 Å². The number of thioether (sulfide) groups is 1. The van der Waals surface area contributed by atoms with E-state index >= 15 is 0 Å². The van der Waals surface area contributed by atoms with Crippen molar-refractivity contribution in [1.82, 2.24) is 0 Å². The van der Waals surface area contributed by atoms with Crippen LogP contribution in [-0.2, 0) is 0 Å². The van der Waals surface area contributed by atoms with Gasteiger partial charge in [-0.05, 0) is 80.7 Å². The van der Waals surface area contributed by atoms with E-state index in [0.717, 1.165) is 19.4 Å². The smallest absolute Gasteiger partial charge is 0.0461 e. The van der Waals surface area contributed by atoms with Gasteiger partial charge in [0, 0.05) is 29.5 Å². The SMILES string of the molecule is C#CCC=C.C=C(/C(C)=C(\C)CCC)c1ccc(SC)c(C2CN=C(C)C2)c1C. The molecule has 29 heavy (non-hydrogen) atoms. The molecule has 0 aliphatic carbocycles. The summed E-state index contributed by atoms with van der Waals surface area (Å²) in [4.78, 5) is 6.04. The molecule has 1 aliphatic rings. The third-order valence-corrected chi connectivity index (χ3v) is 6.33. The van der Waals surface area contributed by atoms with Gasteiger partial charge in [-0.1, -0.05) is 37.6 Å². The highest BCUT2D eigenvalue weighted by molar-refractivity contribution is 7.98. The predicted molar refractivity (Wildman–Crippen MR) is 134 cm³/mol. The highest BCUT2D eigenvalue weighted by Crippen LogP contribution is 2.39. The Morgan fingerprint density at radius 2 is 2.03 bits per heavy atom. The van der Waals surface area contributed by atoms with Crippen molar-refractivity contribution in [2.24, 2.45) is 4.99 Å². The molecule has 0 bridgehead atoms. The molecule has 0 spiro atoms. The van der Waals surface area contributed by atoms with Gasteiger partial charge in [-0.15, -0.1) is 30.7 Å². The van der Waals surface area contributed by atoms with Crippen LogP contribution in [0.4, 0.5) is 0 Å². The molecule has 1 atom stereocenters. The van der Waals surface area contributed by atoms with E-state index in [1.807, 2.05) is 11.8 Å². The lowest BCUT2D eigenvalue weighted by atomic mass is 9.85. The molecule has 0 radical (unpaired) electrons. The van der Waals surface area contributed by atoms with Crippen LogP contribution in [0.2, 0.25) is 0 Å². The molecule has 1 heterocycles. The van der Waals surface area contributed by atoms with Gasteiger partial charge in [-0.2, -0.15) is 0 Å². The molecule has 1 nitrogen and oxygen atoms in total. The molecular weight excluding hydrogens is 370 g/mol. The first-order valence-electron chi connectivity index (χ1n) is 10.4. The Balaban J connectivity index is 0.000000749. The third kappa shape index (κ3) is 6.79. The monoisotopic (exact) mass is 407 g/mol. The van der Waals surface area contributed by atoms with Crippen LogP contribution in [0.25, 0.3) is 5.57 Å². The number of aliphatic imine (C=N–C) groups is 1. The molecule has 0 aromatic heterocycles. The molecule has 156 valence electrons. The van der Waals surface area contributed by atoms with Gasteiger partial charge < -0.3 is 0 Å². The minimum absolute atomic E-state index is 0.529. The fourth-order valence-electron chi connectivity index (χ4n) is 3.77. The molecule has 0 saturated carbocycles. The van der Waals surface area contributed by atoms with E-state index in [0.29, 0.717) is 12.3 Å². The third-order valence-electron chi connectivity index (χ3n) is 5.53. The Kier molecular flexibility index (Phi) is 10.8. The second-order valence-electron chi connectivity index (χ2n) is 7.66. The summed E-state index contributed by atoms with van der Waals surface area (Å²) in [5, 5.41) is 0. The Bertz CT molecular complexity index is 833. The number of allylic oxidation sites excluding steroid dienone is 4. The minimum Gasteiger partial charge on any atom is -0.294 e. The van der Waals surface area contributed by atoms with Crippen molar-refractivity contribution in [1.29, 1.82) is 0 Å². The number of rotatable bonds is 7. The lowest BCUT2D eigenvalue weighted by molar-refractivity contribution is 0.754. The second kappa shape index (κ2) is 12.6. The quantitative estimate of drug-likeness (QED) is 0.193. The first kappa shape index (κ1) is 25.1. The number of terminal acetylenes is 1. The van der Waals surface area contributed by atoms with Crippen molar-refractivity contribution < 1.29 is 0 Å². The lowest BCUT2D eigenvalue weighted by Crippen LogP contribution is -2.06. The molecule has 0 N–H and O–H groups in total. The van der Waals surface area contributed by atoms with Crippen LogP contribution in [0.3, 0.4) is 0 Å². The second-order valence-corrected chi connectivity index (χ2v) is 8.51. The summed E-state index contributed by atoms with van der Waals surface area (Å²) < 4.78 is 0. The van der Waals surface area contributed by atoms with E-state index in [9.17, 15) is 0 Å². The van der Waals surface area contributed by atoms with Gasteiger partial charge >= 0.3 is 0 Å². The average Bonchev–Trinajstić information content (AvgIpc) is 3.13. The summed E-state index contributed by atoms with van der Waals surface area (Å²) in [6.07, 6.45) is 12.8. The van der Waals surface area contributed by atoms with E-state index in [2.05, 4.69) is 77.1 Å². The van der Waals surface area contributed by atoms with Crippen LogP contribution in [0, 0.1) is 19.3 Å². The first-order chi connectivity index (χ1) is 13.8. The molecule has 1 unspecified atom stereocenters. The summed E-state index contributed by atoms with van der Waals surface area (Å²) in [5.41, 5.74) is 9.46. The summed E-state index contributed by atoms with van der Waals surface area (Å²) in [6, 6.07) is 4.54. The number of nitrogens with zero attached hydrogens (tertiary/aromatic N) is 1. The maximum absolute atomic E-state index is 4.82. The fourth-order valence-corrected chi connectivity index (χ4v) is 4.51. The van der Waals surface area contributed by atoms with Crippen molar-refractivity contribution in [3.05, 3.63) is 59.2 Å². The highest BCUT2D eigenvalue weighted by atomic mass is 32.2. The number of hydrogen-bond acceptors (Lipinski definition) is 2. The molecule has 1 aromatic rings. The molecular formula is C27H37NS. The van der Waals surface area contributed by atoms with Crippen molar-refractivity contribution in [3.63, 3.8) is 0 Å². The van der Waals surface area contributed by atoms with E-state index < -0.39 is 0 Å². The van der Waals surface area contributed by atoms with E-state index in [-0.39, 0.29) is 0 Å². The molecule has 0 amide bonds. The highest BCUT2D eigenvalue weighted by Gasteiger charge is 2.24. The zero-order valence-electron chi connectivity index (χ0n) is 19.2. The first-order valence-corrected chi connectivity index (χ1v) is 11.6. The Morgan fingerprint density at radius 3 is 2.48 bits per heavy atom. The van der Waals surface area contributed by atoms with Crippen LogP contribution in [0.15, 0.2) is 52.4 Å². The van der Waals surface area contributed by atoms with Gasteiger partial charge in [0.05, 0.1) is 0 Å². The fraction of sp³-hybridized carbons (Fsp3) is 0.444. The Labute approximate surface area is 183 Å². The maximum atomic E-state index is 4.82. The summed E-state index contributed by atoms with van der Waals surface area (Å²) in [7, 11) is 0. The van der Waals surface area contributed by atoms with Crippen LogP contribution < -0.4 is 0 Å². The Morgan fingerprint density at radius 1 is 1.34 bits per heavy atom. The van der Waals surface area contributed by atoms with Crippen molar-refractivity contribution >= 4 is 23.0 Å². The molecule has 1 aromatic carbocycles. The number of hydrogen-bond donors (Lipinski definition) is 0.